The zero-order chi connectivity index (χ0) is 12.1. The molecule has 2 saturated heterocycles. The Labute approximate surface area is 104 Å². The molecule has 0 aromatic carbocycles. The predicted octanol–water partition coefficient (Wildman–Crippen LogP) is 0.729. The van der Waals surface area contributed by atoms with Gasteiger partial charge in [0.2, 0.25) is 5.91 Å². The van der Waals surface area contributed by atoms with Gasteiger partial charge in [-0.2, -0.15) is 0 Å². The summed E-state index contributed by atoms with van der Waals surface area (Å²) in [5.41, 5.74) is 0. The standard InChI is InChI=1S/C13H25N3O/c1-2-7-14-13(17)10-15-11-6-9-16-8-4-3-5-12(11)16/h11-12,15H,2-10H2,1H3,(H,14,17). The topological polar surface area (TPSA) is 44.4 Å². The maximum Gasteiger partial charge on any atom is 0.233 e. The number of fused-ring (bicyclic) bond motifs is 1. The maximum absolute atomic E-state index is 11.5. The molecule has 0 radical (unpaired) electrons. The molecule has 2 aliphatic rings. The molecule has 2 fully saturated rings. The lowest BCUT2D eigenvalue weighted by Gasteiger charge is -2.32. The predicted molar refractivity (Wildman–Crippen MR) is 68.9 cm³/mol. The second kappa shape index (κ2) is 6.36. The molecule has 2 N–H and O–H groups in total. The SMILES string of the molecule is CCCNC(=O)CNC1CCN2CCCCC12. The summed E-state index contributed by atoms with van der Waals surface area (Å²) in [5, 5.41) is 6.35. The molecule has 98 valence electrons. The van der Waals surface area contributed by atoms with Gasteiger partial charge in [-0.15, -0.1) is 0 Å². The Bertz CT molecular complexity index is 257. The first-order valence-corrected chi connectivity index (χ1v) is 7.05. The lowest BCUT2D eigenvalue weighted by Crippen LogP contribution is -2.47. The van der Waals surface area contributed by atoms with Crippen molar-refractivity contribution in [1.29, 1.82) is 0 Å². The van der Waals surface area contributed by atoms with Crippen LogP contribution in [0, 0.1) is 0 Å². The van der Waals surface area contributed by atoms with Crippen LogP contribution in [0.2, 0.25) is 0 Å². The molecule has 0 bridgehead atoms. The number of rotatable bonds is 5. The second-order valence-electron chi connectivity index (χ2n) is 5.23. The second-order valence-corrected chi connectivity index (χ2v) is 5.23. The van der Waals surface area contributed by atoms with Gasteiger partial charge in [0.1, 0.15) is 0 Å². The summed E-state index contributed by atoms with van der Waals surface area (Å²) >= 11 is 0. The molecule has 2 rings (SSSR count). The van der Waals surface area contributed by atoms with Gasteiger partial charge in [-0.1, -0.05) is 13.3 Å². The van der Waals surface area contributed by atoms with E-state index in [4.69, 9.17) is 0 Å². The van der Waals surface area contributed by atoms with Crippen molar-refractivity contribution < 1.29 is 4.79 Å². The van der Waals surface area contributed by atoms with Crippen LogP contribution in [0.25, 0.3) is 0 Å². The van der Waals surface area contributed by atoms with Crippen LogP contribution in [-0.2, 0) is 4.79 Å². The van der Waals surface area contributed by atoms with Gasteiger partial charge in [-0.3, -0.25) is 9.69 Å². The number of hydrogen-bond acceptors (Lipinski definition) is 3. The van der Waals surface area contributed by atoms with Crippen molar-refractivity contribution in [3.63, 3.8) is 0 Å². The molecular weight excluding hydrogens is 214 g/mol. The van der Waals surface area contributed by atoms with Gasteiger partial charge in [0, 0.05) is 25.2 Å². The minimum absolute atomic E-state index is 0.140. The summed E-state index contributed by atoms with van der Waals surface area (Å²) in [7, 11) is 0. The number of amides is 1. The van der Waals surface area contributed by atoms with E-state index >= 15 is 0 Å². The van der Waals surface area contributed by atoms with E-state index in [1.54, 1.807) is 0 Å². The molecule has 17 heavy (non-hydrogen) atoms. The minimum Gasteiger partial charge on any atom is -0.355 e. The number of hydrogen-bond donors (Lipinski definition) is 2. The quantitative estimate of drug-likeness (QED) is 0.743. The van der Waals surface area contributed by atoms with Gasteiger partial charge in [0.05, 0.1) is 6.54 Å². The third kappa shape index (κ3) is 3.42. The number of carbonyl (C=O) groups is 1. The molecule has 4 nitrogen and oxygen atoms in total. The molecule has 0 aromatic heterocycles. The summed E-state index contributed by atoms with van der Waals surface area (Å²) < 4.78 is 0. The third-order valence-corrected chi connectivity index (χ3v) is 3.95. The maximum atomic E-state index is 11.5. The average Bonchev–Trinajstić information content (AvgIpc) is 2.77. The highest BCUT2D eigenvalue weighted by atomic mass is 16.1. The van der Waals surface area contributed by atoms with Crippen molar-refractivity contribution in [3.05, 3.63) is 0 Å². The zero-order valence-electron chi connectivity index (χ0n) is 10.9. The van der Waals surface area contributed by atoms with Crippen LogP contribution in [0.4, 0.5) is 0 Å². The van der Waals surface area contributed by atoms with Crippen LogP contribution >= 0.6 is 0 Å². The van der Waals surface area contributed by atoms with E-state index in [0.29, 0.717) is 18.6 Å². The molecule has 0 aliphatic carbocycles. The summed E-state index contributed by atoms with van der Waals surface area (Å²) in [6.07, 6.45) is 6.20. The fourth-order valence-electron chi connectivity index (χ4n) is 3.04. The van der Waals surface area contributed by atoms with Crippen LogP contribution in [0.15, 0.2) is 0 Å². The Morgan fingerprint density at radius 3 is 3.00 bits per heavy atom. The number of carbonyl (C=O) groups excluding carboxylic acids is 1. The molecule has 2 unspecified atom stereocenters. The molecule has 2 aliphatic heterocycles. The summed E-state index contributed by atoms with van der Waals surface area (Å²) in [4.78, 5) is 14.1. The molecular formula is C13H25N3O. The normalized spacial score (nSPS) is 29.0. The monoisotopic (exact) mass is 239 g/mol. The first-order chi connectivity index (χ1) is 8.31. The Morgan fingerprint density at radius 1 is 1.29 bits per heavy atom. The first-order valence-electron chi connectivity index (χ1n) is 7.05. The molecule has 4 heteroatoms. The van der Waals surface area contributed by atoms with E-state index in [1.807, 2.05) is 0 Å². The molecule has 0 spiro atoms. The van der Waals surface area contributed by atoms with Crippen LogP contribution < -0.4 is 10.6 Å². The third-order valence-electron chi connectivity index (χ3n) is 3.95. The number of piperidine rings is 1. The van der Waals surface area contributed by atoms with Gasteiger partial charge >= 0.3 is 0 Å². The fraction of sp³-hybridized carbons (Fsp3) is 0.923. The molecule has 1 amide bonds. The largest absolute Gasteiger partial charge is 0.355 e. The summed E-state index contributed by atoms with van der Waals surface area (Å²) in [6.45, 7) is 5.81. The van der Waals surface area contributed by atoms with Gasteiger partial charge in [-0.05, 0) is 32.2 Å². The molecule has 0 saturated carbocycles. The van der Waals surface area contributed by atoms with E-state index in [-0.39, 0.29) is 5.91 Å². The Hall–Kier alpha value is -0.610. The lowest BCUT2D eigenvalue weighted by atomic mass is 9.99. The van der Waals surface area contributed by atoms with Crippen LogP contribution in [0.3, 0.4) is 0 Å². The lowest BCUT2D eigenvalue weighted by molar-refractivity contribution is -0.120. The van der Waals surface area contributed by atoms with Crippen LogP contribution in [0.1, 0.15) is 39.0 Å². The average molecular weight is 239 g/mol. The van der Waals surface area contributed by atoms with E-state index in [0.717, 1.165) is 13.0 Å². The van der Waals surface area contributed by atoms with Crippen molar-refractivity contribution in [2.24, 2.45) is 0 Å². The van der Waals surface area contributed by atoms with E-state index < -0.39 is 0 Å². The summed E-state index contributed by atoms with van der Waals surface area (Å²) in [5.74, 6) is 0.140. The van der Waals surface area contributed by atoms with E-state index in [2.05, 4.69) is 22.5 Å². The number of nitrogens with one attached hydrogen (secondary N) is 2. The highest BCUT2D eigenvalue weighted by molar-refractivity contribution is 5.77. The fourth-order valence-corrected chi connectivity index (χ4v) is 3.04. The van der Waals surface area contributed by atoms with Gasteiger partial charge in [-0.25, -0.2) is 0 Å². The zero-order valence-corrected chi connectivity index (χ0v) is 10.9. The van der Waals surface area contributed by atoms with Crippen molar-refractivity contribution in [2.45, 2.75) is 51.1 Å². The number of nitrogens with zero attached hydrogens (tertiary/aromatic N) is 1. The molecule has 2 atom stereocenters. The summed E-state index contributed by atoms with van der Waals surface area (Å²) in [6, 6.07) is 1.21. The molecule has 2 heterocycles. The van der Waals surface area contributed by atoms with Crippen molar-refractivity contribution in [2.75, 3.05) is 26.2 Å². The van der Waals surface area contributed by atoms with Crippen LogP contribution in [-0.4, -0.2) is 49.1 Å². The highest BCUT2D eigenvalue weighted by Gasteiger charge is 2.35. The van der Waals surface area contributed by atoms with Gasteiger partial charge in [0.25, 0.3) is 0 Å². The smallest absolute Gasteiger partial charge is 0.233 e. The Balaban J connectivity index is 1.70. The molecule has 0 aromatic rings. The van der Waals surface area contributed by atoms with Crippen LogP contribution in [0.5, 0.6) is 0 Å². The Kier molecular flexibility index (Phi) is 4.80. The Morgan fingerprint density at radius 2 is 2.18 bits per heavy atom. The van der Waals surface area contributed by atoms with E-state index in [1.165, 1.54) is 38.8 Å². The van der Waals surface area contributed by atoms with Gasteiger partial charge in [0.15, 0.2) is 0 Å². The van der Waals surface area contributed by atoms with Crippen molar-refractivity contribution >= 4 is 5.91 Å². The minimum atomic E-state index is 0.140. The first kappa shape index (κ1) is 12.8. The van der Waals surface area contributed by atoms with Crippen molar-refractivity contribution in [3.8, 4) is 0 Å². The van der Waals surface area contributed by atoms with Crippen molar-refractivity contribution in [1.82, 2.24) is 15.5 Å². The highest BCUT2D eigenvalue weighted by Crippen LogP contribution is 2.26. The van der Waals surface area contributed by atoms with E-state index in [9.17, 15) is 4.79 Å². The van der Waals surface area contributed by atoms with Gasteiger partial charge < -0.3 is 10.6 Å².